The summed E-state index contributed by atoms with van der Waals surface area (Å²) in [5.74, 6) is 1.07. The van der Waals surface area contributed by atoms with Crippen LogP contribution in [0.1, 0.15) is 127 Å². The number of hydrogen-bond acceptors (Lipinski definition) is 3. The molecule has 0 amide bonds. The quantitative estimate of drug-likeness (QED) is 0.139. The van der Waals surface area contributed by atoms with Crippen LogP contribution >= 0.6 is 9.19 Å². The van der Waals surface area contributed by atoms with Gasteiger partial charge in [-0.2, -0.15) is 0 Å². The number of hydrogen-bond donors (Lipinski definition) is 0. The number of halogens is 1. The van der Waals surface area contributed by atoms with Gasteiger partial charge in [0, 0.05) is 20.8 Å². The maximum absolute atomic E-state index is 5.65. The van der Waals surface area contributed by atoms with E-state index >= 15 is 0 Å². The van der Waals surface area contributed by atoms with Crippen molar-refractivity contribution >= 4 is 9.19 Å². The van der Waals surface area contributed by atoms with E-state index in [1.165, 1.54) is 87.3 Å². The molecule has 0 bridgehead atoms. The summed E-state index contributed by atoms with van der Waals surface area (Å²) in [6, 6.07) is 7.47. The zero-order chi connectivity index (χ0) is 26.1. The van der Waals surface area contributed by atoms with E-state index in [9.17, 15) is 0 Å². The van der Waals surface area contributed by atoms with Crippen LogP contribution in [0.3, 0.4) is 0 Å². The topological polar surface area (TPSA) is 21.7 Å². The molecule has 0 radical (unpaired) electrons. The Balaban J connectivity index is 0.00000298. The van der Waals surface area contributed by atoms with E-state index < -0.39 is 0 Å². The summed E-state index contributed by atoms with van der Waals surface area (Å²) in [7, 11) is 8.11. The molecule has 1 saturated carbocycles. The molecule has 5 heteroatoms. The normalized spacial score (nSPS) is 16.8. The van der Waals surface area contributed by atoms with E-state index in [-0.39, 0.29) is 6.29 Å². The summed E-state index contributed by atoms with van der Waals surface area (Å²) >= 11 is 1.75. The molecule has 0 unspecified atom stereocenters. The van der Waals surface area contributed by atoms with Crippen molar-refractivity contribution in [2.75, 3.05) is 20.8 Å². The molecular formula is C30H52AuClNO2-. The standard InChI is InChI=1S/C30H52NO2.Au.ClH/c1-24(2)27-19-16-20-28(25(3)4)29(27)21-22-31(23-30(32-5)33-6)26-17-14-12-10-8-7-9-11-13-15-18-26;;/h16,19-20,22,24-26,30H,7-15,17-18,21,23H2,1-6H3;;1H/q-1;+1;/p-1. The van der Waals surface area contributed by atoms with Gasteiger partial charge in [-0.15, -0.1) is 6.42 Å². The molecule has 0 aromatic heterocycles. The molecule has 1 fully saturated rings. The second kappa shape index (κ2) is 20.1. The second-order valence-electron chi connectivity index (χ2n) is 10.6. The molecule has 35 heavy (non-hydrogen) atoms. The third kappa shape index (κ3) is 12.5. The molecule has 0 aliphatic heterocycles. The van der Waals surface area contributed by atoms with E-state index in [0.29, 0.717) is 17.9 Å². The average Bonchev–Trinajstić information content (AvgIpc) is 2.85. The Bertz CT molecular complexity index is 613. The first-order valence-electron chi connectivity index (χ1n) is 13.9. The molecule has 3 nitrogen and oxygen atoms in total. The Labute approximate surface area is 233 Å². The molecule has 2 rings (SSSR count). The van der Waals surface area contributed by atoms with E-state index in [1.807, 2.05) is 0 Å². The second-order valence-corrected chi connectivity index (χ2v) is 10.6. The van der Waals surface area contributed by atoms with Crippen LogP contribution in [0.4, 0.5) is 0 Å². The number of methoxy groups -OCH3 is 2. The summed E-state index contributed by atoms with van der Waals surface area (Å²) in [6.45, 7) is 12.6. The van der Waals surface area contributed by atoms with Gasteiger partial charge >= 0.3 is 29.2 Å². The van der Waals surface area contributed by atoms with Crippen molar-refractivity contribution in [2.24, 2.45) is 0 Å². The minimum atomic E-state index is -0.187. The van der Waals surface area contributed by atoms with Crippen molar-refractivity contribution in [1.29, 1.82) is 0 Å². The van der Waals surface area contributed by atoms with Crippen LogP contribution in [0.5, 0.6) is 0 Å². The van der Waals surface area contributed by atoms with Crippen LogP contribution in [0, 0.1) is 6.54 Å². The van der Waals surface area contributed by atoms with Gasteiger partial charge in [0.05, 0.1) is 0 Å². The van der Waals surface area contributed by atoms with Crippen molar-refractivity contribution in [2.45, 2.75) is 129 Å². The number of ether oxygens (including phenoxy) is 2. The summed E-state index contributed by atoms with van der Waals surface area (Å²) < 4.78 is 11.3. The van der Waals surface area contributed by atoms with Gasteiger partial charge in [-0.1, -0.05) is 109 Å². The molecule has 1 aliphatic rings. The number of rotatable bonds is 10. The Morgan fingerprint density at radius 2 is 1.26 bits per heavy atom. The first-order chi connectivity index (χ1) is 17.0. The Morgan fingerprint density at radius 1 is 0.829 bits per heavy atom. The van der Waals surface area contributed by atoms with Crippen LogP contribution in [0.2, 0.25) is 0 Å². The van der Waals surface area contributed by atoms with Crippen molar-refractivity contribution < 1.29 is 29.5 Å². The molecule has 1 aliphatic carbocycles. The molecule has 0 N–H and O–H groups in total. The summed E-state index contributed by atoms with van der Waals surface area (Å²) in [6.07, 6.45) is 15.8. The van der Waals surface area contributed by atoms with E-state index in [0.717, 1.165) is 13.0 Å². The molecule has 1 aromatic carbocycles. The number of benzene rings is 1. The molecule has 0 heterocycles. The predicted molar refractivity (Wildman–Crippen MR) is 148 cm³/mol. The van der Waals surface area contributed by atoms with Crippen molar-refractivity contribution in [3.05, 3.63) is 41.4 Å². The van der Waals surface area contributed by atoms with Crippen LogP contribution in [0.25, 0.3) is 0 Å². The van der Waals surface area contributed by atoms with Gasteiger partial charge in [0.25, 0.3) is 0 Å². The predicted octanol–water partition coefficient (Wildman–Crippen LogP) is 8.92. The first-order valence-corrected chi connectivity index (χ1v) is 16.5. The third-order valence-electron chi connectivity index (χ3n) is 7.45. The Hall–Kier alpha value is 0.130. The summed E-state index contributed by atoms with van der Waals surface area (Å²) in [5, 5.41) is 0. The van der Waals surface area contributed by atoms with Gasteiger partial charge in [-0.05, 0) is 41.8 Å². The summed E-state index contributed by atoms with van der Waals surface area (Å²) in [4.78, 5) is 2.59. The monoisotopic (exact) mass is 690 g/mol. The average molecular weight is 691 g/mol. The van der Waals surface area contributed by atoms with Crippen LogP contribution < -0.4 is 0 Å². The molecular weight excluding hydrogens is 639 g/mol. The van der Waals surface area contributed by atoms with Crippen LogP contribution in [-0.4, -0.2) is 38.0 Å². The van der Waals surface area contributed by atoms with Gasteiger partial charge in [-0.25, -0.2) is 0 Å². The summed E-state index contributed by atoms with van der Waals surface area (Å²) in [5.41, 5.74) is 4.50. The van der Waals surface area contributed by atoms with Gasteiger partial charge in [0.15, 0.2) is 6.29 Å². The maximum atomic E-state index is 5.65. The number of nitrogens with zero attached hydrogens (tertiary/aromatic N) is 1. The van der Waals surface area contributed by atoms with Crippen LogP contribution in [-0.2, 0) is 35.9 Å². The van der Waals surface area contributed by atoms with E-state index in [4.69, 9.17) is 9.47 Å². The van der Waals surface area contributed by atoms with Gasteiger partial charge in [0.2, 0.25) is 0 Å². The molecule has 0 atom stereocenters. The Kier molecular flexibility index (Phi) is 19.1. The zero-order valence-corrected chi connectivity index (χ0v) is 26.2. The fraction of sp³-hybridized carbons (Fsp3) is 0.767. The Morgan fingerprint density at radius 3 is 1.66 bits per heavy atom. The SMILES string of the molecule is COC(CN([CH-]Cc1c(C(C)C)cccc1C(C)C)C1CCCCCCCCCCC1)OC.[Cl][Au]. The minimum absolute atomic E-state index is 0.187. The van der Waals surface area contributed by atoms with Crippen molar-refractivity contribution in [3.8, 4) is 0 Å². The van der Waals surface area contributed by atoms with Crippen molar-refractivity contribution in [1.82, 2.24) is 4.90 Å². The molecule has 0 saturated heterocycles. The van der Waals surface area contributed by atoms with Crippen LogP contribution in [0.15, 0.2) is 18.2 Å². The van der Waals surface area contributed by atoms with E-state index in [2.05, 4.69) is 66.5 Å². The van der Waals surface area contributed by atoms with Crippen molar-refractivity contribution in [3.63, 3.8) is 0 Å². The third-order valence-corrected chi connectivity index (χ3v) is 7.45. The zero-order valence-electron chi connectivity index (χ0n) is 23.3. The van der Waals surface area contributed by atoms with Gasteiger partial charge in [-0.3, -0.25) is 6.54 Å². The fourth-order valence-electron chi connectivity index (χ4n) is 5.41. The van der Waals surface area contributed by atoms with Gasteiger partial charge in [0.1, 0.15) is 0 Å². The molecule has 0 spiro atoms. The first kappa shape index (κ1) is 33.2. The molecule has 208 valence electrons. The van der Waals surface area contributed by atoms with Gasteiger partial charge < -0.3 is 14.4 Å². The fourth-order valence-corrected chi connectivity index (χ4v) is 5.41. The van der Waals surface area contributed by atoms with E-state index in [1.54, 1.807) is 34.2 Å². The molecule has 1 aromatic rings.